The summed E-state index contributed by atoms with van der Waals surface area (Å²) in [5.74, 6) is 1.54. The van der Waals surface area contributed by atoms with E-state index in [1.54, 1.807) is 0 Å². The molecule has 2 fully saturated rings. The molecule has 23 heavy (non-hydrogen) atoms. The summed E-state index contributed by atoms with van der Waals surface area (Å²) in [4.78, 5) is 25.6. The summed E-state index contributed by atoms with van der Waals surface area (Å²) in [6.45, 7) is 5.92. The highest BCUT2D eigenvalue weighted by Gasteiger charge is 2.31. The zero-order valence-corrected chi connectivity index (χ0v) is 13.7. The molecule has 124 valence electrons. The van der Waals surface area contributed by atoms with E-state index in [0.29, 0.717) is 6.54 Å². The van der Waals surface area contributed by atoms with Crippen LogP contribution in [0.15, 0.2) is 24.3 Å². The number of nitrogens with zero attached hydrogens (tertiary/aromatic N) is 1. The summed E-state index contributed by atoms with van der Waals surface area (Å²) in [6, 6.07) is 7.57. The van der Waals surface area contributed by atoms with Crippen LogP contribution in [0.2, 0.25) is 0 Å². The van der Waals surface area contributed by atoms with Gasteiger partial charge in [0.2, 0.25) is 5.91 Å². The van der Waals surface area contributed by atoms with Gasteiger partial charge in [-0.1, -0.05) is 12.1 Å². The molecule has 2 aliphatic heterocycles. The van der Waals surface area contributed by atoms with Crippen molar-refractivity contribution in [1.29, 1.82) is 0 Å². The Kier molecular flexibility index (Phi) is 4.96. The molecule has 2 N–H and O–H groups in total. The van der Waals surface area contributed by atoms with Crippen LogP contribution in [-0.4, -0.2) is 42.9 Å². The lowest BCUT2D eigenvalue weighted by molar-refractivity contribution is -0.119. The molecule has 2 atom stereocenters. The first kappa shape index (κ1) is 16.0. The third-order valence-electron chi connectivity index (χ3n) is 5.05. The number of carbonyl (C=O) groups is 2. The van der Waals surface area contributed by atoms with Crippen LogP contribution in [0.4, 0.5) is 0 Å². The van der Waals surface area contributed by atoms with Gasteiger partial charge in [0.05, 0.1) is 0 Å². The Morgan fingerprint density at radius 2 is 1.74 bits per heavy atom. The Hall–Kier alpha value is -1.88. The number of hydrogen-bond donors (Lipinski definition) is 2. The van der Waals surface area contributed by atoms with E-state index in [4.69, 9.17) is 0 Å². The summed E-state index contributed by atoms with van der Waals surface area (Å²) < 4.78 is 0. The van der Waals surface area contributed by atoms with Crippen molar-refractivity contribution in [3.05, 3.63) is 35.4 Å². The van der Waals surface area contributed by atoms with E-state index in [1.165, 1.54) is 6.92 Å². The van der Waals surface area contributed by atoms with Crippen LogP contribution in [0.3, 0.4) is 0 Å². The van der Waals surface area contributed by atoms with Crippen molar-refractivity contribution >= 4 is 11.8 Å². The van der Waals surface area contributed by atoms with E-state index in [9.17, 15) is 9.59 Å². The van der Waals surface area contributed by atoms with Crippen molar-refractivity contribution in [2.45, 2.75) is 26.3 Å². The van der Waals surface area contributed by atoms with Gasteiger partial charge >= 0.3 is 0 Å². The van der Waals surface area contributed by atoms with Gasteiger partial charge in [-0.3, -0.25) is 9.59 Å². The van der Waals surface area contributed by atoms with Crippen LogP contribution < -0.4 is 10.6 Å². The van der Waals surface area contributed by atoms with Gasteiger partial charge in [-0.25, -0.2) is 0 Å². The minimum absolute atomic E-state index is 0.0465. The Balaban J connectivity index is 1.60. The van der Waals surface area contributed by atoms with E-state index < -0.39 is 0 Å². The number of fused-ring (bicyclic) bond motifs is 1. The van der Waals surface area contributed by atoms with Gasteiger partial charge < -0.3 is 15.5 Å². The van der Waals surface area contributed by atoms with Crippen molar-refractivity contribution in [3.63, 3.8) is 0 Å². The van der Waals surface area contributed by atoms with Gasteiger partial charge in [0.15, 0.2) is 0 Å². The number of likely N-dealkylation sites (tertiary alicyclic amines) is 1. The number of benzene rings is 1. The molecule has 2 amide bonds. The number of amides is 2. The monoisotopic (exact) mass is 315 g/mol. The number of rotatable bonds is 3. The molecule has 0 aliphatic carbocycles. The van der Waals surface area contributed by atoms with E-state index >= 15 is 0 Å². The molecule has 2 aliphatic rings. The Bertz CT molecular complexity index is 556. The zero-order valence-electron chi connectivity index (χ0n) is 13.7. The average Bonchev–Trinajstić information content (AvgIpc) is 2.91. The molecule has 0 saturated carbocycles. The molecule has 2 saturated heterocycles. The first-order chi connectivity index (χ1) is 11.1. The fourth-order valence-corrected chi connectivity index (χ4v) is 3.60. The van der Waals surface area contributed by atoms with Crippen molar-refractivity contribution in [2.75, 3.05) is 26.2 Å². The SMILES string of the molecule is CC(=O)NCc1ccc(C(=O)N2CC[C@@H]3CNC[C@@H]3CC2)cc1. The number of nitrogens with one attached hydrogen (secondary N) is 2. The molecule has 1 aromatic carbocycles. The van der Waals surface area contributed by atoms with Gasteiger partial charge in [-0.05, 0) is 55.5 Å². The second-order valence-electron chi connectivity index (χ2n) is 6.65. The van der Waals surface area contributed by atoms with Crippen LogP contribution in [0, 0.1) is 11.8 Å². The first-order valence-electron chi connectivity index (χ1n) is 8.47. The Morgan fingerprint density at radius 3 is 2.30 bits per heavy atom. The molecule has 5 heteroatoms. The van der Waals surface area contributed by atoms with E-state index in [2.05, 4.69) is 10.6 Å². The smallest absolute Gasteiger partial charge is 0.253 e. The van der Waals surface area contributed by atoms with Gasteiger partial charge in [0.25, 0.3) is 5.91 Å². The lowest BCUT2D eigenvalue weighted by Gasteiger charge is -2.21. The predicted molar refractivity (Wildman–Crippen MR) is 88.9 cm³/mol. The fourth-order valence-electron chi connectivity index (χ4n) is 3.60. The maximum Gasteiger partial charge on any atom is 0.253 e. The van der Waals surface area contributed by atoms with Crippen LogP contribution in [0.1, 0.15) is 35.7 Å². The lowest BCUT2D eigenvalue weighted by Crippen LogP contribution is -2.32. The van der Waals surface area contributed by atoms with Crippen molar-refractivity contribution in [1.82, 2.24) is 15.5 Å². The highest BCUT2D eigenvalue weighted by Crippen LogP contribution is 2.27. The molecule has 0 radical (unpaired) electrons. The lowest BCUT2D eigenvalue weighted by atomic mass is 9.92. The fraction of sp³-hybridized carbons (Fsp3) is 0.556. The highest BCUT2D eigenvalue weighted by molar-refractivity contribution is 5.94. The maximum atomic E-state index is 12.7. The molecule has 0 bridgehead atoms. The summed E-state index contributed by atoms with van der Waals surface area (Å²) in [5.41, 5.74) is 1.75. The average molecular weight is 315 g/mol. The van der Waals surface area contributed by atoms with Gasteiger partial charge in [0, 0.05) is 32.1 Å². The van der Waals surface area contributed by atoms with Gasteiger partial charge in [0.1, 0.15) is 0 Å². The molecule has 1 aromatic rings. The minimum atomic E-state index is -0.0465. The Morgan fingerprint density at radius 1 is 1.13 bits per heavy atom. The summed E-state index contributed by atoms with van der Waals surface area (Å²) in [5, 5.41) is 6.23. The van der Waals surface area contributed by atoms with E-state index in [-0.39, 0.29) is 11.8 Å². The molecule has 0 unspecified atom stereocenters. The third kappa shape index (κ3) is 3.91. The summed E-state index contributed by atoms with van der Waals surface area (Å²) in [7, 11) is 0. The minimum Gasteiger partial charge on any atom is -0.352 e. The molecule has 3 rings (SSSR count). The molecular formula is C18H25N3O2. The van der Waals surface area contributed by atoms with Crippen LogP contribution in [-0.2, 0) is 11.3 Å². The normalized spacial score (nSPS) is 24.0. The number of carbonyl (C=O) groups excluding carboxylic acids is 2. The van der Waals surface area contributed by atoms with Crippen molar-refractivity contribution < 1.29 is 9.59 Å². The second-order valence-corrected chi connectivity index (χ2v) is 6.65. The largest absolute Gasteiger partial charge is 0.352 e. The van der Waals surface area contributed by atoms with Crippen LogP contribution in [0.25, 0.3) is 0 Å². The highest BCUT2D eigenvalue weighted by atomic mass is 16.2. The molecular weight excluding hydrogens is 290 g/mol. The maximum absolute atomic E-state index is 12.7. The van der Waals surface area contributed by atoms with Crippen molar-refractivity contribution in [2.24, 2.45) is 11.8 Å². The predicted octanol–water partition coefficient (Wildman–Crippen LogP) is 1.39. The molecule has 0 aromatic heterocycles. The molecule has 5 nitrogen and oxygen atoms in total. The van der Waals surface area contributed by atoms with Gasteiger partial charge in [-0.15, -0.1) is 0 Å². The molecule has 2 heterocycles. The number of hydrogen-bond acceptors (Lipinski definition) is 3. The topological polar surface area (TPSA) is 61.4 Å². The first-order valence-corrected chi connectivity index (χ1v) is 8.47. The zero-order chi connectivity index (χ0) is 16.2. The third-order valence-corrected chi connectivity index (χ3v) is 5.05. The Labute approximate surface area is 137 Å². The standard InChI is InChI=1S/C18H25N3O2/c1-13(22)20-10-14-2-4-15(5-3-14)18(23)21-8-6-16-11-19-12-17(16)7-9-21/h2-5,16-17,19H,6-12H2,1H3,(H,20,22)/t16-,17+. The van der Waals surface area contributed by atoms with Crippen molar-refractivity contribution in [3.8, 4) is 0 Å². The summed E-state index contributed by atoms with van der Waals surface area (Å²) >= 11 is 0. The second kappa shape index (κ2) is 7.13. The quantitative estimate of drug-likeness (QED) is 0.886. The molecule has 0 spiro atoms. The van der Waals surface area contributed by atoms with Crippen LogP contribution in [0.5, 0.6) is 0 Å². The van der Waals surface area contributed by atoms with Gasteiger partial charge in [-0.2, -0.15) is 0 Å². The summed E-state index contributed by atoms with van der Waals surface area (Å²) in [6.07, 6.45) is 2.20. The van der Waals surface area contributed by atoms with E-state index in [1.807, 2.05) is 29.2 Å². The van der Waals surface area contributed by atoms with Crippen LogP contribution >= 0.6 is 0 Å². The van der Waals surface area contributed by atoms with E-state index in [0.717, 1.165) is 62.0 Å².